The Morgan fingerprint density at radius 1 is 1.33 bits per heavy atom. The number of hydrogen-bond acceptors (Lipinski definition) is 2. The highest BCUT2D eigenvalue weighted by Crippen LogP contribution is 2.22. The molecule has 1 heterocycles. The van der Waals surface area contributed by atoms with Crippen LogP contribution < -0.4 is 0 Å². The highest BCUT2D eigenvalue weighted by molar-refractivity contribution is 7.10. The zero-order valence-corrected chi connectivity index (χ0v) is 8.94. The molecular weight excluding hydrogens is 223 g/mol. The van der Waals surface area contributed by atoms with Crippen molar-refractivity contribution in [3.05, 3.63) is 22.7 Å². The van der Waals surface area contributed by atoms with Gasteiger partial charge in [0.15, 0.2) is 0 Å². The van der Waals surface area contributed by atoms with Crippen molar-refractivity contribution >= 4 is 17.4 Å². The number of nitrogens with zero attached hydrogens (tertiary/aromatic N) is 1. The molecule has 0 bridgehead atoms. The van der Waals surface area contributed by atoms with E-state index in [1.54, 1.807) is 11.7 Å². The fraction of sp³-hybridized carbons (Fsp3) is 0.500. The zero-order chi connectivity index (χ0) is 11.1. The van der Waals surface area contributed by atoms with Gasteiger partial charge in [-0.3, -0.25) is 4.98 Å². The van der Waals surface area contributed by atoms with E-state index in [1.165, 1.54) is 11.3 Å². The summed E-state index contributed by atoms with van der Waals surface area (Å²) in [6.07, 6.45) is 2.30. The molecule has 1 aromatic rings. The van der Waals surface area contributed by atoms with Gasteiger partial charge in [0.25, 0.3) is 0 Å². The first-order valence-corrected chi connectivity index (χ1v) is 5.58. The molecule has 0 spiro atoms. The molecule has 1 rings (SSSR count). The summed E-state index contributed by atoms with van der Waals surface area (Å²) in [5, 5.41) is 0. The number of aromatic nitrogens is 1. The van der Waals surface area contributed by atoms with Crippen LogP contribution in [-0.4, -0.2) is 11.2 Å². The Hall–Kier alpha value is -0.840. The highest BCUT2D eigenvalue weighted by atomic mass is 32.1. The van der Waals surface area contributed by atoms with E-state index in [9.17, 15) is 13.2 Å². The van der Waals surface area contributed by atoms with E-state index in [2.05, 4.69) is 4.98 Å². The lowest BCUT2D eigenvalue weighted by Gasteiger charge is -2.03. The van der Waals surface area contributed by atoms with Crippen molar-refractivity contribution in [2.24, 2.45) is 0 Å². The van der Waals surface area contributed by atoms with E-state index in [1.807, 2.05) is 12.2 Å². The van der Waals surface area contributed by atoms with E-state index in [-0.39, 0.29) is 6.42 Å². The molecule has 0 saturated carbocycles. The van der Waals surface area contributed by atoms with Gasteiger partial charge in [-0.15, -0.1) is 11.3 Å². The minimum atomic E-state index is -4.01. The van der Waals surface area contributed by atoms with E-state index in [0.717, 1.165) is 4.88 Å². The summed E-state index contributed by atoms with van der Waals surface area (Å²) in [7, 11) is 0. The highest BCUT2D eigenvalue weighted by Gasteiger charge is 2.25. The summed E-state index contributed by atoms with van der Waals surface area (Å²) in [5.41, 5.74) is 1.73. The maximum absolute atomic E-state index is 11.8. The van der Waals surface area contributed by atoms with Gasteiger partial charge in [-0.05, 0) is 25.3 Å². The van der Waals surface area contributed by atoms with Crippen LogP contribution >= 0.6 is 11.3 Å². The summed E-state index contributed by atoms with van der Waals surface area (Å²) < 4.78 is 35.3. The summed E-state index contributed by atoms with van der Waals surface area (Å²) >= 11 is 1.51. The van der Waals surface area contributed by atoms with Crippen molar-refractivity contribution in [2.45, 2.75) is 31.9 Å². The van der Waals surface area contributed by atoms with Crippen LogP contribution in [0.3, 0.4) is 0 Å². The van der Waals surface area contributed by atoms with Gasteiger partial charge < -0.3 is 0 Å². The van der Waals surface area contributed by atoms with Gasteiger partial charge in [0.1, 0.15) is 0 Å². The third-order valence-corrected chi connectivity index (χ3v) is 2.56. The van der Waals surface area contributed by atoms with Crippen LogP contribution in [0.4, 0.5) is 13.2 Å². The molecule has 0 fully saturated rings. The lowest BCUT2D eigenvalue weighted by atomic mass is 10.2. The van der Waals surface area contributed by atoms with E-state index < -0.39 is 12.6 Å². The molecule has 15 heavy (non-hydrogen) atoms. The van der Waals surface area contributed by atoms with Gasteiger partial charge in [0.05, 0.1) is 5.51 Å². The Balaban J connectivity index is 2.07. The second kappa shape index (κ2) is 5.90. The Labute approximate surface area is 90.7 Å². The Morgan fingerprint density at radius 3 is 2.73 bits per heavy atom. The molecule has 0 atom stereocenters. The van der Waals surface area contributed by atoms with Crippen molar-refractivity contribution in [3.8, 4) is 0 Å². The molecule has 5 heteroatoms. The molecule has 0 aliphatic rings. The van der Waals surface area contributed by atoms with E-state index >= 15 is 0 Å². The third kappa shape index (κ3) is 6.28. The van der Waals surface area contributed by atoms with Gasteiger partial charge >= 0.3 is 6.18 Å². The largest absolute Gasteiger partial charge is 0.389 e. The molecular formula is C10H12F3NS. The molecule has 0 unspecified atom stereocenters. The molecule has 0 N–H and O–H groups in total. The van der Waals surface area contributed by atoms with Gasteiger partial charge in [-0.2, -0.15) is 13.2 Å². The number of alkyl halides is 3. The minimum Gasteiger partial charge on any atom is -0.253 e. The fourth-order valence-corrected chi connectivity index (χ4v) is 1.63. The predicted molar refractivity (Wildman–Crippen MR) is 55.7 cm³/mol. The Bertz CT molecular complexity index is 290. The monoisotopic (exact) mass is 235 g/mol. The summed E-state index contributed by atoms with van der Waals surface area (Å²) in [6, 6.07) is 0. The Kier molecular flexibility index (Phi) is 4.81. The molecule has 84 valence electrons. The van der Waals surface area contributed by atoms with Crippen LogP contribution in [0.15, 0.2) is 17.8 Å². The average Bonchev–Trinajstić information content (AvgIpc) is 2.61. The first-order valence-electron chi connectivity index (χ1n) is 4.70. The van der Waals surface area contributed by atoms with E-state index in [4.69, 9.17) is 0 Å². The smallest absolute Gasteiger partial charge is 0.253 e. The number of allylic oxidation sites excluding steroid dienone is 1. The first-order chi connectivity index (χ1) is 7.08. The molecule has 0 aliphatic heterocycles. The lowest BCUT2D eigenvalue weighted by molar-refractivity contribution is -0.135. The number of unbranched alkanes of at least 4 members (excludes halogenated alkanes) is 2. The standard InChI is InChI=1S/C10H12F3NS/c11-10(12,13)6-4-2-1-3-5-9-7-14-8-15-9/h3,5,7-8H,1-2,4,6H2. The van der Waals surface area contributed by atoms with Crippen LogP contribution in [0.2, 0.25) is 0 Å². The normalized spacial score (nSPS) is 12.5. The number of hydrogen-bond donors (Lipinski definition) is 0. The molecule has 0 saturated heterocycles. The van der Waals surface area contributed by atoms with Gasteiger partial charge in [0, 0.05) is 17.5 Å². The fourth-order valence-electron chi connectivity index (χ4n) is 1.10. The molecule has 0 radical (unpaired) electrons. The summed E-state index contributed by atoms with van der Waals surface area (Å²) in [6.45, 7) is 0. The van der Waals surface area contributed by atoms with Crippen molar-refractivity contribution in [1.29, 1.82) is 0 Å². The van der Waals surface area contributed by atoms with Crippen molar-refractivity contribution < 1.29 is 13.2 Å². The first kappa shape index (κ1) is 12.2. The quantitative estimate of drug-likeness (QED) is 0.694. The van der Waals surface area contributed by atoms with Crippen molar-refractivity contribution in [1.82, 2.24) is 4.98 Å². The Morgan fingerprint density at radius 2 is 2.13 bits per heavy atom. The summed E-state index contributed by atoms with van der Waals surface area (Å²) in [5.74, 6) is 0. The third-order valence-electron chi connectivity index (χ3n) is 1.81. The molecule has 1 nitrogen and oxygen atoms in total. The maximum atomic E-state index is 11.8. The van der Waals surface area contributed by atoms with Gasteiger partial charge in [0.2, 0.25) is 0 Å². The molecule has 1 aromatic heterocycles. The second-order valence-corrected chi connectivity index (χ2v) is 4.09. The number of halogens is 3. The van der Waals surface area contributed by atoms with Crippen LogP contribution in [0.25, 0.3) is 6.08 Å². The second-order valence-electron chi connectivity index (χ2n) is 3.17. The number of rotatable bonds is 5. The van der Waals surface area contributed by atoms with Crippen LogP contribution in [-0.2, 0) is 0 Å². The molecule has 0 aromatic carbocycles. The van der Waals surface area contributed by atoms with Crippen molar-refractivity contribution in [3.63, 3.8) is 0 Å². The zero-order valence-electron chi connectivity index (χ0n) is 8.13. The van der Waals surface area contributed by atoms with Crippen LogP contribution in [0.1, 0.15) is 30.6 Å². The molecule has 0 aliphatic carbocycles. The summed E-state index contributed by atoms with van der Waals surface area (Å²) in [4.78, 5) is 4.92. The van der Waals surface area contributed by atoms with Gasteiger partial charge in [-0.1, -0.05) is 6.08 Å². The van der Waals surface area contributed by atoms with Gasteiger partial charge in [-0.25, -0.2) is 0 Å². The SMILES string of the molecule is FC(F)(F)CCCCC=Cc1cncs1. The maximum Gasteiger partial charge on any atom is 0.389 e. The molecule has 0 amide bonds. The predicted octanol–water partition coefficient (Wildman–Crippen LogP) is 4.28. The van der Waals surface area contributed by atoms with Crippen LogP contribution in [0, 0.1) is 0 Å². The minimum absolute atomic E-state index is 0.205. The number of thiazole rings is 1. The average molecular weight is 235 g/mol. The van der Waals surface area contributed by atoms with Crippen molar-refractivity contribution in [2.75, 3.05) is 0 Å². The topological polar surface area (TPSA) is 12.9 Å². The van der Waals surface area contributed by atoms with Crippen LogP contribution in [0.5, 0.6) is 0 Å². The lowest BCUT2D eigenvalue weighted by Crippen LogP contribution is -2.05. The van der Waals surface area contributed by atoms with E-state index in [0.29, 0.717) is 12.8 Å².